The van der Waals surface area contributed by atoms with Crippen LogP contribution in [0, 0.1) is 6.92 Å². The van der Waals surface area contributed by atoms with Gasteiger partial charge in [-0.25, -0.2) is 0 Å². The smallest absolute Gasteiger partial charge is 0.246 e. The molecule has 2 amide bonds. The van der Waals surface area contributed by atoms with E-state index in [-0.39, 0.29) is 18.4 Å². The summed E-state index contributed by atoms with van der Waals surface area (Å²) in [5, 5.41) is 2.79. The molecular formula is C15H20N2O2. The van der Waals surface area contributed by atoms with Gasteiger partial charge in [-0.1, -0.05) is 36.4 Å². The first kappa shape index (κ1) is 15.0. The van der Waals surface area contributed by atoms with E-state index in [0.29, 0.717) is 6.54 Å². The molecule has 102 valence electrons. The van der Waals surface area contributed by atoms with E-state index in [9.17, 15) is 9.59 Å². The molecule has 0 saturated carbocycles. The van der Waals surface area contributed by atoms with Gasteiger partial charge >= 0.3 is 0 Å². The highest BCUT2D eigenvalue weighted by Gasteiger charge is 2.09. The first-order valence-corrected chi connectivity index (χ1v) is 6.22. The van der Waals surface area contributed by atoms with E-state index in [0.717, 1.165) is 6.42 Å². The summed E-state index contributed by atoms with van der Waals surface area (Å²) < 4.78 is 0. The van der Waals surface area contributed by atoms with Crippen LogP contribution in [0.1, 0.15) is 11.1 Å². The molecule has 0 radical (unpaired) electrons. The summed E-state index contributed by atoms with van der Waals surface area (Å²) in [5.41, 5.74) is 2.40. The Morgan fingerprint density at radius 2 is 1.95 bits per heavy atom. The van der Waals surface area contributed by atoms with Gasteiger partial charge in [-0.2, -0.15) is 0 Å². The molecule has 4 heteroatoms. The number of carbonyl (C=O) groups excluding carboxylic acids is 2. The van der Waals surface area contributed by atoms with E-state index < -0.39 is 0 Å². The zero-order valence-electron chi connectivity index (χ0n) is 11.5. The lowest BCUT2D eigenvalue weighted by Gasteiger charge is -2.14. The molecule has 19 heavy (non-hydrogen) atoms. The molecule has 0 heterocycles. The van der Waals surface area contributed by atoms with Crippen molar-refractivity contribution in [2.45, 2.75) is 13.3 Å². The van der Waals surface area contributed by atoms with Gasteiger partial charge in [0.15, 0.2) is 0 Å². The van der Waals surface area contributed by atoms with Crippen LogP contribution in [0.5, 0.6) is 0 Å². The minimum atomic E-state index is -0.256. The molecule has 0 unspecified atom stereocenters. The number of hydrogen-bond acceptors (Lipinski definition) is 2. The fourth-order valence-electron chi connectivity index (χ4n) is 1.61. The van der Waals surface area contributed by atoms with Gasteiger partial charge in [-0.05, 0) is 25.0 Å². The topological polar surface area (TPSA) is 49.4 Å². The Kier molecular flexibility index (Phi) is 5.79. The molecule has 4 nitrogen and oxygen atoms in total. The van der Waals surface area contributed by atoms with Crippen molar-refractivity contribution in [3.63, 3.8) is 0 Å². The highest BCUT2D eigenvalue weighted by molar-refractivity contribution is 5.90. The summed E-state index contributed by atoms with van der Waals surface area (Å²) in [6.07, 6.45) is 1.98. The average molecular weight is 260 g/mol. The predicted molar refractivity (Wildman–Crippen MR) is 75.7 cm³/mol. The Morgan fingerprint density at radius 3 is 2.53 bits per heavy atom. The summed E-state index contributed by atoms with van der Waals surface area (Å²) in [7, 11) is 1.57. The second-order valence-corrected chi connectivity index (χ2v) is 4.48. The van der Waals surface area contributed by atoms with Gasteiger partial charge in [-0.15, -0.1) is 0 Å². The number of carbonyl (C=O) groups is 2. The van der Waals surface area contributed by atoms with Crippen molar-refractivity contribution in [3.8, 4) is 0 Å². The highest BCUT2D eigenvalue weighted by Crippen LogP contribution is 2.03. The van der Waals surface area contributed by atoms with Crippen LogP contribution in [-0.4, -0.2) is 36.9 Å². The Balaban J connectivity index is 2.29. The van der Waals surface area contributed by atoms with E-state index in [4.69, 9.17) is 0 Å². The van der Waals surface area contributed by atoms with Crippen LogP contribution in [0.3, 0.4) is 0 Å². The van der Waals surface area contributed by atoms with Crippen LogP contribution < -0.4 is 5.32 Å². The van der Waals surface area contributed by atoms with Gasteiger partial charge in [0.05, 0.1) is 6.54 Å². The Bertz CT molecular complexity index is 452. The molecule has 0 bridgehead atoms. The number of aryl methyl sites for hydroxylation is 1. The second kappa shape index (κ2) is 7.36. The fraction of sp³-hybridized carbons (Fsp3) is 0.333. The van der Waals surface area contributed by atoms with Crippen molar-refractivity contribution in [1.82, 2.24) is 10.2 Å². The number of rotatable bonds is 6. The van der Waals surface area contributed by atoms with Crippen LogP contribution in [0.2, 0.25) is 0 Å². The molecule has 0 aromatic heterocycles. The molecule has 0 aliphatic heterocycles. The molecule has 1 N–H and O–H groups in total. The van der Waals surface area contributed by atoms with E-state index in [2.05, 4.69) is 24.0 Å². The average Bonchev–Trinajstić information content (AvgIpc) is 2.40. The van der Waals surface area contributed by atoms with Gasteiger partial charge in [0, 0.05) is 13.6 Å². The largest absolute Gasteiger partial charge is 0.354 e. The summed E-state index contributed by atoms with van der Waals surface area (Å²) in [5.74, 6) is -0.418. The minimum Gasteiger partial charge on any atom is -0.354 e. The van der Waals surface area contributed by atoms with Crippen molar-refractivity contribution in [2.75, 3.05) is 20.1 Å². The molecule has 0 aliphatic rings. The van der Waals surface area contributed by atoms with Crippen LogP contribution in [0.4, 0.5) is 0 Å². The predicted octanol–water partition coefficient (Wildman–Crippen LogP) is 1.30. The Morgan fingerprint density at radius 1 is 1.32 bits per heavy atom. The maximum absolute atomic E-state index is 11.6. The maximum atomic E-state index is 11.6. The summed E-state index contributed by atoms with van der Waals surface area (Å²) in [6, 6.07) is 8.20. The zero-order valence-corrected chi connectivity index (χ0v) is 11.5. The first-order valence-electron chi connectivity index (χ1n) is 6.22. The molecule has 1 aromatic carbocycles. The molecule has 1 rings (SSSR count). The Hall–Kier alpha value is -2.10. The van der Waals surface area contributed by atoms with Crippen molar-refractivity contribution in [3.05, 3.63) is 48.0 Å². The molecule has 0 spiro atoms. The van der Waals surface area contributed by atoms with Gasteiger partial charge in [0.2, 0.25) is 11.8 Å². The van der Waals surface area contributed by atoms with Gasteiger partial charge in [-0.3, -0.25) is 9.59 Å². The van der Waals surface area contributed by atoms with Crippen LogP contribution in [0.15, 0.2) is 36.9 Å². The number of nitrogens with zero attached hydrogens (tertiary/aromatic N) is 1. The van der Waals surface area contributed by atoms with Crippen molar-refractivity contribution in [1.29, 1.82) is 0 Å². The van der Waals surface area contributed by atoms with Gasteiger partial charge < -0.3 is 10.2 Å². The third-order valence-electron chi connectivity index (χ3n) is 2.79. The van der Waals surface area contributed by atoms with Crippen LogP contribution in [0.25, 0.3) is 0 Å². The SMILES string of the molecule is C=CC(=O)N(C)CC(=O)NCCc1ccc(C)cc1. The third kappa shape index (κ3) is 5.38. The summed E-state index contributed by atoms with van der Waals surface area (Å²) >= 11 is 0. The lowest BCUT2D eigenvalue weighted by molar-refractivity contribution is -0.131. The molecule has 0 fully saturated rings. The molecule has 0 atom stereocenters. The minimum absolute atomic E-state index is 0.0543. The Labute approximate surface area is 114 Å². The van der Waals surface area contributed by atoms with Crippen molar-refractivity contribution in [2.24, 2.45) is 0 Å². The maximum Gasteiger partial charge on any atom is 0.246 e. The number of hydrogen-bond donors (Lipinski definition) is 1. The van der Waals surface area contributed by atoms with Crippen LogP contribution in [-0.2, 0) is 16.0 Å². The second-order valence-electron chi connectivity index (χ2n) is 4.48. The van der Waals surface area contributed by atoms with Crippen LogP contribution >= 0.6 is 0 Å². The number of benzene rings is 1. The summed E-state index contributed by atoms with van der Waals surface area (Å²) in [4.78, 5) is 24.1. The quantitative estimate of drug-likeness (QED) is 0.784. The molecule has 0 aliphatic carbocycles. The molecule has 1 aromatic rings. The lowest BCUT2D eigenvalue weighted by atomic mass is 10.1. The van der Waals surface area contributed by atoms with E-state index in [1.54, 1.807) is 7.05 Å². The third-order valence-corrected chi connectivity index (χ3v) is 2.79. The monoisotopic (exact) mass is 260 g/mol. The molecule has 0 saturated heterocycles. The van der Waals surface area contributed by atoms with E-state index in [1.807, 2.05) is 19.1 Å². The standard InChI is InChI=1S/C15H20N2O2/c1-4-15(19)17(3)11-14(18)16-10-9-13-7-5-12(2)6-8-13/h4-8H,1,9-11H2,2-3H3,(H,16,18). The molecular weight excluding hydrogens is 240 g/mol. The first-order chi connectivity index (χ1) is 9.02. The number of likely N-dealkylation sites (N-methyl/N-ethyl adjacent to an activating group) is 1. The normalized spacial score (nSPS) is 9.79. The highest BCUT2D eigenvalue weighted by atomic mass is 16.2. The van der Waals surface area contributed by atoms with E-state index >= 15 is 0 Å². The van der Waals surface area contributed by atoms with Crippen molar-refractivity contribution >= 4 is 11.8 Å². The number of amides is 2. The lowest BCUT2D eigenvalue weighted by Crippen LogP contribution is -2.38. The van der Waals surface area contributed by atoms with Gasteiger partial charge in [0.25, 0.3) is 0 Å². The summed E-state index contributed by atoms with van der Waals surface area (Å²) in [6.45, 7) is 6.04. The fourth-order valence-corrected chi connectivity index (χ4v) is 1.61. The van der Waals surface area contributed by atoms with E-state index in [1.165, 1.54) is 22.1 Å². The van der Waals surface area contributed by atoms with Gasteiger partial charge in [0.1, 0.15) is 0 Å². The number of nitrogens with one attached hydrogen (secondary N) is 1. The zero-order chi connectivity index (χ0) is 14.3. The van der Waals surface area contributed by atoms with Crippen molar-refractivity contribution < 1.29 is 9.59 Å².